The van der Waals surface area contributed by atoms with E-state index in [-0.39, 0.29) is 12.6 Å². The fraction of sp³-hybridized carbons (Fsp3) is 0.556. The van der Waals surface area contributed by atoms with E-state index in [4.69, 9.17) is 9.15 Å². The van der Waals surface area contributed by atoms with Crippen LogP contribution in [0.25, 0.3) is 0 Å². The Morgan fingerprint density at radius 1 is 1.40 bits per heavy atom. The molecule has 0 saturated carbocycles. The van der Waals surface area contributed by atoms with Crippen LogP contribution in [-0.2, 0) is 9.53 Å². The van der Waals surface area contributed by atoms with Gasteiger partial charge in [-0.25, -0.2) is 9.59 Å². The van der Waals surface area contributed by atoms with Crippen molar-refractivity contribution in [1.29, 1.82) is 0 Å². The molecule has 1 aromatic heterocycles. The lowest BCUT2D eigenvalue weighted by molar-refractivity contribution is -0.139. The van der Waals surface area contributed by atoms with Crippen LogP contribution in [0.4, 0.5) is 4.79 Å². The van der Waals surface area contributed by atoms with Gasteiger partial charge in [0.05, 0.1) is 18.4 Å². The van der Waals surface area contributed by atoms with Crippen LogP contribution in [0.3, 0.4) is 0 Å². The Morgan fingerprint density at radius 3 is 2.80 bits per heavy atom. The first-order valence-corrected chi connectivity index (χ1v) is 8.82. The molecule has 0 aliphatic carbocycles. The lowest BCUT2D eigenvalue weighted by Gasteiger charge is -2.34. The Kier molecular flexibility index (Phi) is 5.43. The van der Waals surface area contributed by atoms with Crippen LogP contribution in [-0.4, -0.2) is 43.1 Å². The number of likely N-dealkylation sites (tertiary alicyclic amines) is 1. The lowest BCUT2D eigenvalue weighted by Crippen LogP contribution is -2.49. The second-order valence-corrected chi connectivity index (χ2v) is 6.62. The zero-order chi connectivity index (χ0) is 17.8. The third kappa shape index (κ3) is 4.04. The highest BCUT2D eigenvalue weighted by Gasteiger charge is 2.36. The van der Waals surface area contributed by atoms with Gasteiger partial charge in [0.15, 0.2) is 0 Å². The number of nitrogens with one attached hydrogen (secondary N) is 2. The number of hydrogen-bond acceptors (Lipinski definition) is 5. The van der Waals surface area contributed by atoms with Crippen LogP contribution in [0.5, 0.6) is 0 Å². The van der Waals surface area contributed by atoms with E-state index < -0.39 is 12.0 Å². The first-order chi connectivity index (χ1) is 12.1. The molecular formula is C18H25N3O4. The van der Waals surface area contributed by atoms with Gasteiger partial charge in [-0.05, 0) is 50.9 Å². The summed E-state index contributed by atoms with van der Waals surface area (Å²) in [4.78, 5) is 27.0. The average Bonchev–Trinajstić information content (AvgIpc) is 3.11. The molecule has 1 fully saturated rings. The lowest BCUT2D eigenvalue weighted by atomic mass is 9.97. The summed E-state index contributed by atoms with van der Waals surface area (Å²) in [6.07, 6.45) is 3.77. The number of carbonyl (C=O) groups excluding carboxylic acids is 2. The molecular weight excluding hydrogens is 322 g/mol. The fourth-order valence-electron chi connectivity index (χ4n) is 3.31. The van der Waals surface area contributed by atoms with Crippen molar-refractivity contribution < 1.29 is 18.7 Å². The molecule has 7 heteroatoms. The van der Waals surface area contributed by atoms with Gasteiger partial charge in [-0.2, -0.15) is 0 Å². The monoisotopic (exact) mass is 347 g/mol. The number of amides is 2. The van der Waals surface area contributed by atoms with E-state index in [1.807, 2.05) is 0 Å². The summed E-state index contributed by atoms with van der Waals surface area (Å²) in [5.74, 6) is 0.799. The van der Waals surface area contributed by atoms with E-state index in [1.165, 1.54) is 6.26 Å². The van der Waals surface area contributed by atoms with Gasteiger partial charge in [-0.15, -0.1) is 0 Å². The number of rotatable bonds is 5. The minimum absolute atomic E-state index is 0.273. The molecule has 1 atom stereocenters. The second kappa shape index (κ2) is 7.74. The number of furan rings is 1. The van der Waals surface area contributed by atoms with Crippen LogP contribution in [0.1, 0.15) is 38.5 Å². The predicted octanol–water partition coefficient (Wildman–Crippen LogP) is 2.18. The Labute approximate surface area is 147 Å². The van der Waals surface area contributed by atoms with E-state index in [1.54, 1.807) is 19.1 Å². The van der Waals surface area contributed by atoms with Crippen molar-refractivity contribution in [2.45, 2.75) is 32.7 Å². The molecule has 2 amide bonds. The molecule has 3 rings (SSSR count). The van der Waals surface area contributed by atoms with Crippen molar-refractivity contribution >= 4 is 12.0 Å². The van der Waals surface area contributed by atoms with E-state index in [0.29, 0.717) is 29.5 Å². The van der Waals surface area contributed by atoms with Gasteiger partial charge in [0.25, 0.3) is 0 Å². The number of urea groups is 1. The van der Waals surface area contributed by atoms with Gasteiger partial charge in [0.2, 0.25) is 0 Å². The molecule has 0 radical (unpaired) electrons. The predicted molar refractivity (Wildman–Crippen MR) is 91.6 cm³/mol. The molecule has 7 nitrogen and oxygen atoms in total. The molecule has 136 valence electrons. The number of piperidine rings is 1. The molecule has 0 bridgehead atoms. The summed E-state index contributed by atoms with van der Waals surface area (Å²) in [5, 5.41) is 5.56. The van der Waals surface area contributed by atoms with E-state index in [2.05, 4.69) is 22.5 Å². The molecule has 1 aromatic rings. The number of carbonyl (C=O) groups is 2. The summed E-state index contributed by atoms with van der Waals surface area (Å²) in [5.41, 5.74) is 1.01. The van der Waals surface area contributed by atoms with Crippen molar-refractivity contribution in [1.82, 2.24) is 15.5 Å². The first-order valence-electron chi connectivity index (χ1n) is 8.82. The Morgan fingerprint density at radius 2 is 2.16 bits per heavy atom. The Bertz CT molecular complexity index is 645. The van der Waals surface area contributed by atoms with Crippen molar-refractivity contribution in [3.8, 4) is 0 Å². The van der Waals surface area contributed by atoms with Gasteiger partial charge >= 0.3 is 12.0 Å². The highest BCUT2D eigenvalue weighted by atomic mass is 16.5. The van der Waals surface area contributed by atoms with Gasteiger partial charge in [-0.3, -0.25) is 4.90 Å². The third-order valence-electron chi connectivity index (χ3n) is 4.73. The van der Waals surface area contributed by atoms with E-state index in [9.17, 15) is 9.59 Å². The topological polar surface area (TPSA) is 83.8 Å². The van der Waals surface area contributed by atoms with Crippen molar-refractivity contribution in [3.05, 3.63) is 35.4 Å². The minimum atomic E-state index is -0.637. The maximum Gasteiger partial charge on any atom is 0.338 e. The quantitative estimate of drug-likeness (QED) is 0.798. The maximum atomic E-state index is 12.6. The number of ether oxygens (including phenoxy) is 1. The number of hydrogen-bond donors (Lipinski definition) is 2. The van der Waals surface area contributed by atoms with Gasteiger partial charge in [0.1, 0.15) is 11.8 Å². The van der Waals surface area contributed by atoms with Gasteiger partial charge < -0.3 is 19.8 Å². The van der Waals surface area contributed by atoms with Crippen LogP contribution in [0.2, 0.25) is 0 Å². The van der Waals surface area contributed by atoms with E-state index >= 15 is 0 Å². The van der Waals surface area contributed by atoms with Crippen LogP contribution in [0.15, 0.2) is 34.1 Å². The molecule has 1 saturated heterocycles. The number of nitrogens with zero attached hydrogens (tertiary/aromatic N) is 1. The molecule has 0 spiro atoms. The second-order valence-electron chi connectivity index (χ2n) is 6.62. The summed E-state index contributed by atoms with van der Waals surface area (Å²) in [6.45, 7) is 6.72. The summed E-state index contributed by atoms with van der Waals surface area (Å²) < 4.78 is 10.7. The van der Waals surface area contributed by atoms with Gasteiger partial charge in [-0.1, -0.05) is 6.92 Å². The molecule has 25 heavy (non-hydrogen) atoms. The zero-order valence-electron chi connectivity index (χ0n) is 14.7. The van der Waals surface area contributed by atoms with Crippen molar-refractivity contribution in [3.63, 3.8) is 0 Å². The molecule has 3 heterocycles. The Hall–Kier alpha value is -2.28. The largest absolute Gasteiger partial charge is 0.467 e. The molecule has 2 N–H and O–H groups in total. The Balaban J connectivity index is 1.90. The van der Waals surface area contributed by atoms with Crippen molar-refractivity contribution in [2.75, 3.05) is 26.2 Å². The molecule has 0 aromatic carbocycles. The van der Waals surface area contributed by atoms with Gasteiger partial charge in [0, 0.05) is 12.2 Å². The normalized spacial score (nSPS) is 22.5. The SMILES string of the molecule is CCOC(=O)C1=C(CN2CCC(C)CC2)NC(=O)N[C@@H]1c1ccco1. The average molecular weight is 347 g/mol. The van der Waals surface area contributed by atoms with Crippen LogP contribution < -0.4 is 10.6 Å². The summed E-state index contributed by atoms with van der Waals surface area (Å²) in [6, 6.07) is 2.50. The highest BCUT2D eigenvalue weighted by Crippen LogP contribution is 2.29. The zero-order valence-corrected chi connectivity index (χ0v) is 14.7. The maximum absolute atomic E-state index is 12.6. The van der Waals surface area contributed by atoms with Crippen LogP contribution >= 0.6 is 0 Å². The number of esters is 1. The third-order valence-corrected chi connectivity index (χ3v) is 4.73. The summed E-state index contributed by atoms with van der Waals surface area (Å²) >= 11 is 0. The highest BCUT2D eigenvalue weighted by molar-refractivity contribution is 5.95. The van der Waals surface area contributed by atoms with Crippen molar-refractivity contribution in [2.24, 2.45) is 5.92 Å². The minimum Gasteiger partial charge on any atom is -0.467 e. The van der Waals surface area contributed by atoms with E-state index in [0.717, 1.165) is 25.9 Å². The molecule has 2 aliphatic rings. The standard InChI is InChI=1S/C18H25N3O4/c1-3-24-17(22)15-13(11-21-8-6-12(2)7-9-21)19-18(23)20-16(15)14-5-4-10-25-14/h4-5,10,12,16H,3,6-9,11H2,1-2H3,(H2,19,20,23)/t16-/m1/s1. The molecule has 2 aliphatic heterocycles. The summed E-state index contributed by atoms with van der Waals surface area (Å²) in [7, 11) is 0. The van der Waals surface area contributed by atoms with Crippen LogP contribution in [0, 0.1) is 5.92 Å². The first kappa shape index (κ1) is 17.5. The fourth-order valence-corrected chi connectivity index (χ4v) is 3.31. The molecule has 0 unspecified atom stereocenters. The smallest absolute Gasteiger partial charge is 0.338 e.